The summed E-state index contributed by atoms with van der Waals surface area (Å²) in [6, 6.07) is 12.4. The van der Waals surface area contributed by atoms with E-state index in [-0.39, 0.29) is 10.0 Å². The van der Waals surface area contributed by atoms with Crippen molar-refractivity contribution in [1.29, 1.82) is 5.26 Å². The van der Waals surface area contributed by atoms with E-state index in [1.54, 1.807) is 31.2 Å². The Bertz CT molecular complexity index is 665. The number of halogens is 2. The molecule has 0 aliphatic rings. The van der Waals surface area contributed by atoms with Gasteiger partial charge in [-0.2, -0.15) is 5.26 Å². The third-order valence-corrected chi connectivity index (χ3v) is 3.78. The summed E-state index contributed by atoms with van der Waals surface area (Å²) in [5.41, 5.74) is 1.48. The van der Waals surface area contributed by atoms with E-state index in [0.29, 0.717) is 5.69 Å². The van der Waals surface area contributed by atoms with Crippen LogP contribution in [0.15, 0.2) is 40.9 Å². The lowest BCUT2D eigenvalue weighted by atomic mass is 10.2. The summed E-state index contributed by atoms with van der Waals surface area (Å²) >= 11 is 3.11. The maximum absolute atomic E-state index is 14.3. The largest absolute Gasteiger partial charge is 0.497 e. The van der Waals surface area contributed by atoms with Gasteiger partial charge in [0.1, 0.15) is 11.8 Å². The van der Waals surface area contributed by atoms with Crippen LogP contribution in [0, 0.1) is 17.1 Å². The predicted molar refractivity (Wildman–Crippen MR) is 79.9 cm³/mol. The van der Waals surface area contributed by atoms with Crippen LogP contribution in [0.5, 0.6) is 5.75 Å². The van der Waals surface area contributed by atoms with E-state index < -0.39 is 5.82 Å². The van der Waals surface area contributed by atoms with Crippen LogP contribution in [0.25, 0.3) is 0 Å². The van der Waals surface area contributed by atoms with E-state index in [0.717, 1.165) is 11.4 Å². The summed E-state index contributed by atoms with van der Waals surface area (Å²) in [6.45, 7) is 0. The highest BCUT2D eigenvalue weighted by Crippen LogP contribution is 2.32. The minimum atomic E-state index is -0.456. The van der Waals surface area contributed by atoms with Crippen molar-refractivity contribution in [3.63, 3.8) is 0 Å². The van der Waals surface area contributed by atoms with E-state index >= 15 is 0 Å². The Morgan fingerprint density at radius 2 is 1.85 bits per heavy atom. The molecular weight excluding hydrogens is 323 g/mol. The highest BCUT2D eigenvalue weighted by atomic mass is 79.9. The van der Waals surface area contributed by atoms with Gasteiger partial charge in [-0.15, -0.1) is 0 Å². The molecular formula is C15H12BrFN2O. The van der Waals surface area contributed by atoms with Crippen molar-refractivity contribution in [2.45, 2.75) is 0 Å². The molecule has 102 valence electrons. The van der Waals surface area contributed by atoms with Gasteiger partial charge in [0.05, 0.1) is 22.8 Å². The fraction of sp³-hybridized carbons (Fsp3) is 0.133. The minimum absolute atomic E-state index is 0.179. The number of hydrogen-bond donors (Lipinski definition) is 0. The van der Waals surface area contributed by atoms with Gasteiger partial charge in [-0.3, -0.25) is 0 Å². The zero-order valence-corrected chi connectivity index (χ0v) is 12.6. The summed E-state index contributed by atoms with van der Waals surface area (Å²) < 4.78 is 19.5. The molecule has 2 aromatic rings. The van der Waals surface area contributed by atoms with Gasteiger partial charge in [-0.05, 0) is 52.3 Å². The second kappa shape index (κ2) is 5.93. The van der Waals surface area contributed by atoms with E-state index in [1.165, 1.54) is 0 Å². The molecule has 0 radical (unpaired) electrons. The molecule has 0 amide bonds. The van der Waals surface area contributed by atoms with E-state index in [1.807, 2.05) is 30.3 Å². The minimum Gasteiger partial charge on any atom is -0.497 e. The number of nitriles is 1. The van der Waals surface area contributed by atoms with Gasteiger partial charge in [-0.25, -0.2) is 4.39 Å². The smallest absolute Gasteiger partial charge is 0.162 e. The molecule has 2 rings (SSSR count). The number of benzene rings is 2. The maximum Gasteiger partial charge on any atom is 0.162 e. The fourth-order valence-electron chi connectivity index (χ4n) is 1.83. The van der Waals surface area contributed by atoms with Crippen LogP contribution >= 0.6 is 15.9 Å². The quantitative estimate of drug-likeness (QED) is 0.842. The number of ether oxygens (including phenoxy) is 1. The van der Waals surface area contributed by atoms with Crippen molar-refractivity contribution in [3.05, 3.63) is 52.3 Å². The molecule has 20 heavy (non-hydrogen) atoms. The summed E-state index contributed by atoms with van der Waals surface area (Å²) in [5, 5.41) is 8.87. The van der Waals surface area contributed by atoms with E-state index in [9.17, 15) is 4.39 Å². The first-order valence-electron chi connectivity index (χ1n) is 5.84. The molecule has 5 heteroatoms. The third kappa shape index (κ3) is 2.61. The highest BCUT2D eigenvalue weighted by molar-refractivity contribution is 9.10. The van der Waals surface area contributed by atoms with Gasteiger partial charge in [-0.1, -0.05) is 0 Å². The predicted octanol–water partition coefficient (Wildman–Crippen LogP) is 4.24. The summed E-state index contributed by atoms with van der Waals surface area (Å²) in [7, 11) is 3.36. The third-order valence-electron chi connectivity index (χ3n) is 3.00. The van der Waals surface area contributed by atoms with Crippen LogP contribution in [0.1, 0.15) is 5.56 Å². The van der Waals surface area contributed by atoms with Crippen LogP contribution < -0.4 is 9.64 Å². The molecule has 0 saturated heterocycles. The lowest BCUT2D eigenvalue weighted by Gasteiger charge is -2.21. The van der Waals surface area contributed by atoms with Gasteiger partial charge in [0.25, 0.3) is 0 Å². The van der Waals surface area contributed by atoms with Crippen LogP contribution in [-0.4, -0.2) is 14.2 Å². The Kier molecular flexibility index (Phi) is 4.26. The van der Waals surface area contributed by atoms with Gasteiger partial charge >= 0.3 is 0 Å². The fourth-order valence-corrected chi connectivity index (χ4v) is 2.25. The van der Waals surface area contributed by atoms with Gasteiger partial charge in [0.15, 0.2) is 5.82 Å². The monoisotopic (exact) mass is 334 g/mol. The zero-order chi connectivity index (χ0) is 14.7. The lowest BCUT2D eigenvalue weighted by Crippen LogP contribution is -2.11. The molecule has 2 aromatic carbocycles. The Morgan fingerprint density at radius 1 is 1.20 bits per heavy atom. The average molecular weight is 335 g/mol. The molecule has 0 N–H and O–H groups in total. The molecule has 0 unspecified atom stereocenters. The summed E-state index contributed by atoms with van der Waals surface area (Å²) in [5.74, 6) is 0.283. The Morgan fingerprint density at radius 3 is 2.40 bits per heavy atom. The first kappa shape index (κ1) is 14.4. The zero-order valence-electron chi connectivity index (χ0n) is 11.0. The number of methoxy groups -OCH3 is 1. The Labute approximate surface area is 125 Å². The number of hydrogen-bond acceptors (Lipinski definition) is 3. The SMILES string of the molecule is COc1ccc(N(C)c2ccc(C#N)c(Br)c2F)cc1. The van der Waals surface area contributed by atoms with Gasteiger partial charge < -0.3 is 9.64 Å². The number of anilines is 2. The van der Waals surface area contributed by atoms with Crippen LogP contribution in [0.3, 0.4) is 0 Å². The van der Waals surface area contributed by atoms with Crippen LogP contribution in [0.4, 0.5) is 15.8 Å². The molecule has 0 aliphatic heterocycles. The lowest BCUT2D eigenvalue weighted by molar-refractivity contribution is 0.415. The molecule has 3 nitrogen and oxygen atoms in total. The number of nitrogens with zero attached hydrogens (tertiary/aromatic N) is 2. The number of rotatable bonds is 3. The molecule has 0 aliphatic carbocycles. The molecule has 0 spiro atoms. The average Bonchev–Trinajstić information content (AvgIpc) is 2.49. The van der Waals surface area contributed by atoms with Gasteiger partial charge in [0.2, 0.25) is 0 Å². The van der Waals surface area contributed by atoms with Crippen molar-refractivity contribution < 1.29 is 9.13 Å². The molecule has 0 heterocycles. The Balaban J connectivity index is 2.40. The second-order valence-electron chi connectivity index (χ2n) is 4.13. The topological polar surface area (TPSA) is 36.3 Å². The van der Waals surface area contributed by atoms with Crippen LogP contribution in [0.2, 0.25) is 0 Å². The summed E-state index contributed by atoms with van der Waals surface area (Å²) in [4.78, 5) is 1.71. The normalized spacial score (nSPS) is 9.95. The van der Waals surface area contributed by atoms with Crippen molar-refractivity contribution in [1.82, 2.24) is 0 Å². The summed E-state index contributed by atoms with van der Waals surface area (Å²) in [6.07, 6.45) is 0. The molecule has 0 saturated carbocycles. The van der Waals surface area contributed by atoms with E-state index in [2.05, 4.69) is 15.9 Å². The second-order valence-corrected chi connectivity index (χ2v) is 4.92. The van der Waals surface area contributed by atoms with E-state index in [4.69, 9.17) is 10.00 Å². The van der Waals surface area contributed by atoms with Crippen molar-refractivity contribution in [2.75, 3.05) is 19.1 Å². The maximum atomic E-state index is 14.3. The highest BCUT2D eigenvalue weighted by Gasteiger charge is 2.15. The van der Waals surface area contributed by atoms with Gasteiger partial charge in [0, 0.05) is 12.7 Å². The van der Waals surface area contributed by atoms with Crippen molar-refractivity contribution in [3.8, 4) is 11.8 Å². The Hall–Kier alpha value is -2.06. The van der Waals surface area contributed by atoms with Crippen molar-refractivity contribution in [2.24, 2.45) is 0 Å². The standard InChI is InChI=1S/C15H12BrFN2O/c1-19(11-4-6-12(20-2)7-5-11)13-8-3-10(9-18)14(16)15(13)17/h3-8H,1-2H3. The molecule has 0 bridgehead atoms. The van der Waals surface area contributed by atoms with Crippen molar-refractivity contribution >= 4 is 27.3 Å². The van der Waals surface area contributed by atoms with Crippen LogP contribution in [-0.2, 0) is 0 Å². The first-order valence-corrected chi connectivity index (χ1v) is 6.63. The molecule has 0 atom stereocenters. The molecule has 0 aromatic heterocycles. The molecule has 0 fully saturated rings. The first-order chi connectivity index (χ1) is 9.58.